The molecule has 0 unspecified atom stereocenters. The van der Waals surface area contributed by atoms with E-state index in [1.807, 2.05) is 0 Å². The molecule has 1 N–H and O–H groups in total. The van der Waals surface area contributed by atoms with Crippen LogP contribution >= 0.6 is 0 Å². The van der Waals surface area contributed by atoms with Crippen LogP contribution in [0.1, 0.15) is 36.0 Å². The number of halogens is 1. The van der Waals surface area contributed by atoms with Gasteiger partial charge in [-0.3, -0.25) is 4.79 Å². The van der Waals surface area contributed by atoms with Crippen LogP contribution in [-0.2, 0) is 9.47 Å². The molecule has 2 fully saturated rings. The van der Waals surface area contributed by atoms with E-state index in [2.05, 4.69) is 5.32 Å². The van der Waals surface area contributed by atoms with Crippen molar-refractivity contribution in [2.24, 2.45) is 5.92 Å². The Morgan fingerprint density at radius 1 is 1.38 bits per heavy atom. The van der Waals surface area contributed by atoms with Crippen molar-refractivity contribution >= 4 is 5.91 Å². The van der Waals surface area contributed by atoms with E-state index in [9.17, 15) is 9.18 Å². The van der Waals surface area contributed by atoms with E-state index in [1.165, 1.54) is 38.5 Å². The summed E-state index contributed by atoms with van der Waals surface area (Å²) < 4.78 is 30.6. The van der Waals surface area contributed by atoms with E-state index in [1.54, 1.807) is 6.07 Å². The predicted molar refractivity (Wildman–Crippen MR) is 86.7 cm³/mol. The van der Waals surface area contributed by atoms with E-state index in [4.69, 9.17) is 14.2 Å². The minimum Gasteiger partial charge on any atom is -0.496 e. The standard InChI is InChI=1S/C18H24FNO4/c1-22-15-7-3-6-13(19)17(15)18(21)20-14-8-9-23-11-16(14)24-10-12-4-2-5-12/h3,6-7,12,14,16H,2,4-5,8-11H2,1H3,(H,20,21)/t14-,16-/m1/s1. The fourth-order valence-corrected chi connectivity index (χ4v) is 3.10. The van der Waals surface area contributed by atoms with Gasteiger partial charge in [-0.2, -0.15) is 0 Å². The van der Waals surface area contributed by atoms with Gasteiger partial charge in [0, 0.05) is 13.2 Å². The SMILES string of the molecule is COc1cccc(F)c1C(=O)N[C@@H]1CCOC[C@H]1OCC1CCC1. The zero-order valence-electron chi connectivity index (χ0n) is 13.9. The molecule has 132 valence electrons. The molecule has 0 aromatic heterocycles. The fraction of sp³-hybridized carbons (Fsp3) is 0.611. The van der Waals surface area contributed by atoms with Crippen LogP contribution in [0.2, 0.25) is 0 Å². The van der Waals surface area contributed by atoms with E-state index in [0.29, 0.717) is 32.2 Å². The smallest absolute Gasteiger partial charge is 0.258 e. The Balaban J connectivity index is 1.64. The van der Waals surface area contributed by atoms with Gasteiger partial charge in [-0.15, -0.1) is 0 Å². The van der Waals surface area contributed by atoms with E-state index in [-0.39, 0.29) is 23.5 Å². The minimum absolute atomic E-state index is 0.0655. The van der Waals surface area contributed by atoms with E-state index >= 15 is 0 Å². The second-order valence-corrected chi connectivity index (χ2v) is 6.43. The molecule has 2 aliphatic rings. The number of ether oxygens (including phenoxy) is 3. The van der Waals surface area contributed by atoms with Crippen LogP contribution in [0.3, 0.4) is 0 Å². The second-order valence-electron chi connectivity index (χ2n) is 6.43. The summed E-state index contributed by atoms with van der Waals surface area (Å²) in [5.41, 5.74) is -0.0655. The molecule has 1 amide bonds. The molecule has 5 nitrogen and oxygen atoms in total. The van der Waals surface area contributed by atoms with Crippen LogP contribution in [0.15, 0.2) is 18.2 Å². The third kappa shape index (κ3) is 3.87. The number of carbonyl (C=O) groups excluding carboxylic acids is 1. The Kier molecular flexibility index (Phi) is 5.68. The number of benzene rings is 1. The number of amides is 1. The van der Waals surface area contributed by atoms with Crippen LogP contribution in [-0.4, -0.2) is 45.0 Å². The van der Waals surface area contributed by atoms with Crippen molar-refractivity contribution in [3.8, 4) is 5.75 Å². The molecule has 3 rings (SSSR count). The van der Waals surface area contributed by atoms with Gasteiger partial charge in [0.05, 0.1) is 19.8 Å². The third-order valence-corrected chi connectivity index (χ3v) is 4.81. The number of hydrogen-bond acceptors (Lipinski definition) is 4. The molecule has 1 heterocycles. The first-order chi connectivity index (χ1) is 11.7. The fourth-order valence-electron chi connectivity index (χ4n) is 3.10. The summed E-state index contributed by atoms with van der Waals surface area (Å²) in [7, 11) is 1.42. The van der Waals surface area contributed by atoms with E-state index < -0.39 is 11.7 Å². The molecular formula is C18H24FNO4. The molecule has 1 saturated heterocycles. The Bertz CT molecular complexity index is 576. The van der Waals surface area contributed by atoms with Crippen molar-refractivity contribution in [3.63, 3.8) is 0 Å². The van der Waals surface area contributed by atoms with Crippen molar-refractivity contribution in [2.45, 2.75) is 37.8 Å². The molecule has 1 aliphatic carbocycles. The summed E-state index contributed by atoms with van der Waals surface area (Å²) in [5, 5.41) is 2.90. The highest BCUT2D eigenvalue weighted by Gasteiger charge is 2.31. The van der Waals surface area contributed by atoms with Gasteiger partial charge >= 0.3 is 0 Å². The molecule has 1 aromatic rings. The monoisotopic (exact) mass is 337 g/mol. The molecular weight excluding hydrogens is 313 g/mol. The Labute approximate surface area is 141 Å². The molecule has 24 heavy (non-hydrogen) atoms. The average Bonchev–Trinajstić information content (AvgIpc) is 2.54. The van der Waals surface area contributed by atoms with Gasteiger partial charge in [-0.05, 0) is 37.3 Å². The Morgan fingerprint density at radius 3 is 2.92 bits per heavy atom. The maximum absolute atomic E-state index is 14.0. The van der Waals surface area contributed by atoms with Gasteiger partial charge in [0.2, 0.25) is 0 Å². The molecule has 0 bridgehead atoms. The highest BCUT2D eigenvalue weighted by Crippen LogP contribution is 2.27. The van der Waals surface area contributed by atoms with Crippen LogP contribution in [0.4, 0.5) is 4.39 Å². The van der Waals surface area contributed by atoms with Gasteiger partial charge in [0.15, 0.2) is 0 Å². The summed E-state index contributed by atoms with van der Waals surface area (Å²) in [4.78, 5) is 12.5. The highest BCUT2D eigenvalue weighted by molar-refractivity contribution is 5.97. The van der Waals surface area contributed by atoms with Gasteiger partial charge < -0.3 is 19.5 Å². The number of hydrogen-bond donors (Lipinski definition) is 1. The lowest BCUT2D eigenvalue weighted by atomic mass is 9.86. The zero-order valence-corrected chi connectivity index (χ0v) is 13.9. The Hall–Kier alpha value is -1.66. The lowest BCUT2D eigenvalue weighted by Gasteiger charge is -2.34. The first-order valence-electron chi connectivity index (χ1n) is 8.51. The third-order valence-electron chi connectivity index (χ3n) is 4.81. The number of carbonyl (C=O) groups is 1. The van der Waals surface area contributed by atoms with Crippen LogP contribution in [0.25, 0.3) is 0 Å². The topological polar surface area (TPSA) is 56.8 Å². The summed E-state index contributed by atoms with van der Waals surface area (Å²) >= 11 is 0. The summed E-state index contributed by atoms with van der Waals surface area (Å²) in [5.74, 6) is -0.221. The highest BCUT2D eigenvalue weighted by atomic mass is 19.1. The maximum Gasteiger partial charge on any atom is 0.258 e. The zero-order chi connectivity index (χ0) is 16.9. The quantitative estimate of drug-likeness (QED) is 0.867. The largest absolute Gasteiger partial charge is 0.496 e. The second kappa shape index (κ2) is 7.94. The predicted octanol–water partition coefficient (Wildman–Crippen LogP) is 2.54. The van der Waals surface area contributed by atoms with Crippen molar-refractivity contribution in [1.29, 1.82) is 0 Å². The van der Waals surface area contributed by atoms with Gasteiger partial charge in [-0.1, -0.05) is 12.5 Å². The van der Waals surface area contributed by atoms with Crippen molar-refractivity contribution in [2.75, 3.05) is 26.9 Å². The van der Waals surface area contributed by atoms with Crippen LogP contribution in [0.5, 0.6) is 5.75 Å². The molecule has 1 saturated carbocycles. The molecule has 1 aromatic carbocycles. The summed E-state index contributed by atoms with van der Waals surface area (Å²) in [6.45, 7) is 1.71. The Morgan fingerprint density at radius 2 is 2.21 bits per heavy atom. The lowest BCUT2D eigenvalue weighted by Crippen LogP contribution is -2.50. The van der Waals surface area contributed by atoms with Crippen LogP contribution < -0.4 is 10.1 Å². The molecule has 1 aliphatic heterocycles. The molecule has 2 atom stereocenters. The lowest BCUT2D eigenvalue weighted by molar-refractivity contribution is -0.0819. The summed E-state index contributed by atoms with van der Waals surface area (Å²) in [6, 6.07) is 4.17. The van der Waals surface area contributed by atoms with Crippen molar-refractivity contribution in [3.05, 3.63) is 29.6 Å². The van der Waals surface area contributed by atoms with E-state index in [0.717, 1.165) is 0 Å². The first-order valence-corrected chi connectivity index (χ1v) is 8.51. The average molecular weight is 337 g/mol. The minimum atomic E-state index is -0.592. The van der Waals surface area contributed by atoms with Crippen molar-refractivity contribution < 1.29 is 23.4 Å². The van der Waals surface area contributed by atoms with Gasteiger partial charge in [0.25, 0.3) is 5.91 Å². The first kappa shape index (κ1) is 17.2. The number of rotatable bonds is 6. The van der Waals surface area contributed by atoms with Gasteiger partial charge in [-0.25, -0.2) is 4.39 Å². The van der Waals surface area contributed by atoms with Crippen molar-refractivity contribution in [1.82, 2.24) is 5.32 Å². The van der Waals surface area contributed by atoms with Crippen LogP contribution in [0, 0.1) is 11.7 Å². The molecule has 6 heteroatoms. The maximum atomic E-state index is 14.0. The summed E-state index contributed by atoms with van der Waals surface area (Å²) in [6.07, 6.45) is 4.13. The number of nitrogens with one attached hydrogen (secondary N) is 1. The normalized spacial score (nSPS) is 24.2. The van der Waals surface area contributed by atoms with Gasteiger partial charge in [0.1, 0.15) is 23.2 Å². The molecule has 0 spiro atoms. The number of methoxy groups -OCH3 is 1. The molecule has 0 radical (unpaired) electrons.